The second-order valence-corrected chi connectivity index (χ2v) is 10.1. The molecule has 0 bridgehead atoms. The first-order valence-electron chi connectivity index (χ1n) is 11.4. The molecule has 2 aromatic carbocycles. The minimum absolute atomic E-state index is 0.107. The number of amides is 1. The lowest BCUT2D eigenvalue weighted by atomic mass is 10.0. The van der Waals surface area contributed by atoms with Crippen LogP contribution in [-0.2, 0) is 22.5 Å². The maximum atomic E-state index is 12.8. The first-order valence-corrected chi connectivity index (χ1v) is 13.6. The number of anilines is 1. The zero-order chi connectivity index (χ0) is 26.4. The van der Waals surface area contributed by atoms with E-state index in [1.54, 1.807) is 19.2 Å². The molecule has 0 aliphatic carbocycles. The zero-order valence-electron chi connectivity index (χ0n) is 20.5. The Morgan fingerprint density at radius 1 is 1.08 bits per heavy atom. The molecule has 0 unspecified atom stereocenters. The van der Waals surface area contributed by atoms with Crippen molar-refractivity contribution in [3.05, 3.63) is 75.9 Å². The Hall–Kier alpha value is -3.34. The van der Waals surface area contributed by atoms with Crippen LogP contribution < -0.4 is 10.1 Å². The van der Waals surface area contributed by atoms with Gasteiger partial charge >= 0.3 is 5.97 Å². The highest BCUT2D eigenvalue weighted by Gasteiger charge is 2.23. The fraction of sp³-hybridized carbons (Fsp3) is 0.231. The second kappa shape index (κ2) is 12.3. The van der Waals surface area contributed by atoms with E-state index in [0.29, 0.717) is 39.3 Å². The number of carbonyl (C=O) groups excluding carboxylic acids is 2. The molecule has 1 amide bonds. The van der Waals surface area contributed by atoms with Gasteiger partial charge in [0.1, 0.15) is 22.1 Å². The van der Waals surface area contributed by atoms with E-state index in [-0.39, 0.29) is 11.7 Å². The molecule has 0 aliphatic rings. The number of nitrogens with zero attached hydrogens (tertiary/aromatic N) is 3. The highest BCUT2D eigenvalue weighted by molar-refractivity contribution is 7.99. The summed E-state index contributed by atoms with van der Waals surface area (Å²) < 4.78 is 12.2. The zero-order valence-corrected chi connectivity index (χ0v) is 22.9. The number of methoxy groups -OCH3 is 2. The molecule has 4 aromatic rings. The summed E-state index contributed by atoms with van der Waals surface area (Å²) in [6.45, 7) is 2.68. The molecule has 8 nitrogen and oxygen atoms in total. The number of benzene rings is 2. The molecular weight excluding hydrogens is 532 g/mol. The Balaban J connectivity index is 1.45. The molecule has 192 valence electrons. The molecule has 37 heavy (non-hydrogen) atoms. The average Bonchev–Trinajstić information content (AvgIpc) is 3.51. The number of halogens is 1. The van der Waals surface area contributed by atoms with Gasteiger partial charge in [0.05, 0.1) is 20.0 Å². The first-order chi connectivity index (χ1) is 17.9. The van der Waals surface area contributed by atoms with Crippen molar-refractivity contribution in [1.82, 2.24) is 14.8 Å². The third kappa shape index (κ3) is 6.33. The molecule has 2 aromatic heterocycles. The van der Waals surface area contributed by atoms with Crippen molar-refractivity contribution in [1.29, 1.82) is 0 Å². The molecule has 4 rings (SSSR count). The largest absolute Gasteiger partial charge is 0.497 e. The molecule has 0 spiro atoms. The Morgan fingerprint density at radius 3 is 2.46 bits per heavy atom. The lowest BCUT2D eigenvalue weighted by molar-refractivity contribution is -0.113. The summed E-state index contributed by atoms with van der Waals surface area (Å²) in [6, 6.07) is 14.9. The number of hydrogen-bond donors (Lipinski definition) is 1. The first kappa shape index (κ1) is 26.7. The molecule has 0 saturated heterocycles. The van der Waals surface area contributed by atoms with Crippen LogP contribution in [0.25, 0.3) is 11.1 Å². The van der Waals surface area contributed by atoms with Crippen LogP contribution in [-0.4, -0.2) is 46.6 Å². The van der Waals surface area contributed by atoms with Crippen molar-refractivity contribution in [2.75, 3.05) is 25.3 Å². The number of nitrogens with one attached hydrogen (secondary N) is 1. The summed E-state index contributed by atoms with van der Waals surface area (Å²) in [5.74, 6) is 0.930. The van der Waals surface area contributed by atoms with Crippen LogP contribution in [0, 0.1) is 0 Å². The van der Waals surface area contributed by atoms with Gasteiger partial charge in [-0.25, -0.2) is 4.79 Å². The fourth-order valence-electron chi connectivity index (χ4n) is 3.69. The Morgan fingerprint density at radius 2 is 1.81 bits per heavy atom. The normalized spacial score (nSPS) is 10.8. The van der Waals surface area contributed by atoms with Crippen LogP contribution >= 0.6 is 34.7 Å². The van der Waals surface area contributed by atoms with Crippen LogP contribution in [0.4, 0.5) is 5.00 Å². The minimum atomic E-state index is -0.525. The summed E-state index contributed by atoms with van der Waals surface area (Å²) in [5, 5.41) is 15.0. The van der Waals surface area contributed by atoms with Gasteiger partial charge in [-0.1, -0.05) is 47.6 Å². The smallest absolute Gasteiger partial charge is 0.341 e. The van der Waals surface area contributed by atoms with Gasteiger partial charge in [-0.05, 0) is 42.3 Å². The molecule has 0 saturated carbocycles. The summed E-state index contributed by atoms with van der Waals surface area (Å²) in [5.41, 5.74) is 2.87. The van der Waals surface area contributed by atoms with E-state index in [2.05, 4.69) is 15.5 Å². The molecule has 0 radical (unpaired) electrons. The van der Waals surface area contributed by atoms with Crippen LogP contribution in [0.3, 0.4) is 0 Å². The van der Waals surface area contributed by atoms with Gasteiger partial charge in [0.15, 0.2) is 5.16 Å². The predicted molar refractivity (Wildman–Crippen MR) is 147 cm³/mol. The molecule has 2 heterocycles. The van der Waals surface area contributed by atoms with Crippen molar-refractivity contribution in [2.45, 2.75) is 25.0 Å². The molecule has 0 aliphatic heterocycles. The number of esters is 1. The minimum Gasteiger partial charge on any atom is -0.497 e. The quantitative estimate of drug-likeness (QED) is 0.195. The number of hydrogen-bond acceptors (Lipinski definition) is 8. The van der Waals surface area contributed by atoms with E-state index < -0.39 is 5.97 Å². The van der Waals surface area contributed by atoms with Crippen molar-refractivity contribution >= 4 is 51.6 Å². The van der Waals surface area contributed by atoms with E-state index >= 15 is 0 Å². The van der Waals surface area contributed by atoms with Crippen molar-refractivity contribution in [2.24, 2.45) is 0 Å². The van der Waals surface area contributed by atoms with Crippen LogP contribution in [0.2, 0.25) is 5.02 Å². The van der Waals surface area contributed by atoms with E-state index in [1.165, 1.54) is 30.2 Å². The lowest BCUT2D eigenvalue weighted by Gasteiger charge is -2.09. The van der Waals surface area contributed by atoms with E-state index in [0.717, 1.165) is 22.7 Å². The highest BCUT2D eigenvalue weighted by Crippen LogP contribution is 2.36. The predicted octanol–water partition coefficient (Wildman–Crippen LogP) is 5.80. The van der Waals surface area contributed by atoms with Crippen LogP contribution in [0.1, 0.15) is 28.7 Å². The second-order valence-electron chi connectivity index (χ2n) is 7.86. The molecular formula is C26H25ClN4O4S2. The third-order valence-electron chi connectivity index (χ3n) is 5.55. The van der Waals surface area contributed by atoms with E-state index in [4.69, 9.17) is 21.1 Å². The van der Waals surface area contributed by atoms with Crippen LogP contribution in [0.5, 0.6) is 5.75 Å². The highest BCUT2D eigenvalue weighted by atomic mass is 35.5. The van der Waals surface area contributed by atoms with Crippen molar-refractivity contribution in [3.63, 3.8) is 0 Å². The van der Waals surface area contributed by atoms with Gasteiger partial charge in [0.2, 0.25) is 5.91 Å². The van der Waals surface area contributed by atoms with Gasteiger partial charge in [0, 0.05) is 28.9 Å². The number of thiophene rings is 1. The summed E-state index contributed by atoms with van der Waals surface area (Å²) in [7, 11) is 2.95. The van der Waals surface area contributed by atoms with E-state index in [1.807, 2.05) is 53.3 Å². The van der Waals surface area contributed by atoms with Gasteiger partial charge < -0.3 is 19.4 Å². The number of aromatic nitrogens is 3. The summed E-state index contributed by atoms with van der Waals surface area (Å²) in [6.07, 6.45) is 0.614. The number of carbonyl (C=O) groups is 2. The summed E-state index contributed by atoms with van der Waals surface area (Å²) in [4.78, 5) is 25.4. The summed E-state index contributed by atoms with van der Waals surface area (Å²) >= 11 is 8.56. The van der Waals surface area contributed by atoms with Crippen molar-refractivity contribution in [3.8, 4) is 16.9 Å². The topological polar surface area (TPSA) is 95.3 Å². The number of rotatable bonds is 10. The van der Waals surface area contributed by atoms with Gasteiger partial charge in [-0.2, -0.15) is 0 Å². The van der Waals surface area contributed by atoms with Gasteiger partial charge in [-0.15, -0.1) is 21.5 Å². The maximum Gasteiger partial charge on any atom is 0.341 e. The number of ether oxygens (including phenoxy) is 2. The lowest BCUT2D eigenvalue weighted by Crippen LogP contribution is -2.16. The molecule has 11 heteroatoms. The molecule has 0 atom stereocenters. The monoisotopic (exact) mass is 556 g/mol. The van der Waals surface area contributed by atoms with Crippen molar-refractivity contribution < 1.29 is 19.1 Å². The molecule has 1 N–H and O–H groups in total. The number of thioether (sulfide) groups is 1. The van der Waals surface area contributed by atoms with Gasteiger partial charge in [-0.3, -0.25) is 4.79 Å². The standard InChI is InChI=1S/C26H25ClN4O4S2/c1-4-31-21(13-16-5-11-19(34-2)12-6-16)29-30-26(31)37-15-22(32)28-24-23(25(33)35-3)20(14-36-24)17-7-9-18(27)10-8-17/h5-12,14H,4,13,15H2,1-3H3,(H,28,32). The molecule has 0 fully saturated rings. The Labute approximate surface area is 228 Å². The Bertz CT molecular complexity index is 1380. The SMILES string of the molecule is CCn1c(Cc2ccc(OC)cc2)nnc1SCC(=O)Nc1scc(-c2ccc(Cl)cc2)c1C(=O)OC. The maximum absolute atomic E-state index is 12.8. The third-order valence-corrected chi connectivity index (χ3v) is 7.67. The average molecular weight is 557 g/mol. The van der Waals surface area contributed by atoms with Crippen LogP contribution in [0.15, 0.2) is 59.1 Å². The Kier molecular flexibility index (Phi) is 8.86. The van der Waals surface area contributed by atoms with E-state index in [9.17, 15) is 9.59 Å². The van der Waals surface area contributed by atoms with Gasteiger partial charge in [0.25, 0.3) is 0 Å². The fourth-order valence-corrected chi connectivity index (χ4v) is 5.61.